The average Bonchev–Trinajstić information content (AvgIpc) is 2.39. The Balaban J connectivity index is 2.80. The molecule has 116 valence electrons. The summed E-state index contributed by atoms with van der Waals surface area (Å²) in [5.74, 6) is 1.26. The summed E-state index contributed by atoms with van der Waals surface area (Å²) in [6.45, 7) is 8.22. The molecule has 6 heteroatoms. The Morgan fingerprint density at radius 1 is 1.30 bits per heavy atom. The van der Waals surface area contributed by atoms with Gasteiger partial charge in [-0.05, 0) is 18.8 Å². The van der Waals surface area contributed by atoms with E-state index >= 15 is 0 Å². The van der Waals surface area contributed by atoms with Gasteiger partial charge in [0, 0.05) is 28.9 Å². The Bertz CT molecular complexity index is 385. The van der Waals surface area contributed by atoms with Crippen molar-refractivity contribution in [1.29, 1.82) is 0 Å². The summed E-state index contributed by atoms with van der Waals surface area (Å²) in [5, 5.41) is 2.82. The van der Waals surface area contributed by atoms with E-state index in [0.29, 0.717) is 36.8 Å². The molecule has 1 N–H and O–H groups in total. The van der Waals surface area contributed by atoms with Crippen LogP contribution in [0.25, 0.3) is 0 Å². The van der Waals surface area contributed by atoms with E-state index in [1.54, 1.807) is 4.90 Å². The van der Waals surface area contributed by atoms with Gasteiger partial charge in [0.25, 0.3) is 0 Å². The second-order valence-corrected chi connectivity index (χ2v) is 7.44. The lowest BCUT2D eigenvalue weighted by molar-refractivity contribution is -0.149. The number of rotatable bonds is 7. The highest BCUT2D eigenvalue weighted by Crippen LogP contribution is 2.17. The van der Waals surface area contributed by atoms with Crippen LogP contribution >= 0.6 is 0 Å². The monoisotopic (exact) mass is 302 g/mol. The van der Waals surface area contributed by atoms with Crippen molar-refractivity contribution in [3.8, 4) is 0 Å². The molecule has 0 aromatic rings. The van der Waals surface area contributed by atoms with Crippen molar-refractivity contribution in [3.63, 3.8) is 0 Å². The van der Waals surface area contributed by atoms with Crippen molar-refractivity contribution >= 4 is 22.6 Å². The zero-order valence-corrected chi connectivity index (χ0v) is 13.7. The molecule has 3 unspecified atom stereocenters. The van der Waals surface area contributed by atoms with Crippen LogP contribution in [0.1, 0.15) is 40.5 Å². The summed E-state index contributed by atoms with van der Waals surface area (Å²) in [5.41, 5.74) is 0. The predicted molar refractivity (Wildman–Crippen MR) is 80.7 cm³/mol. The SMILES string of the molecule is CCC1C(=O)NC(CC(C)C)C(=O)N1CCS(=O)CC. The fourth-order valence-corrected chi connectivity index (χ4v) is 3.16. The molecular formula is C14H26N2O3S. The van der Waals surface area contributed by atoms with E-state index in [1.165, 1.54) is 0 Å². The van der Waals surface area contributed by atoms with Crippen LogP contribution in [0, 0.1) is 5.92 Å². The van der Waals surface area contributed by atoms with Gasteiger partial charge in [0.1, 0.15) is 12.1 Å². The Labute approximate surface area is 123 Å². The molecule has 2 amide bonds. The Hall–Kier alpha value is -0.910. The van der Waals surface area contributed by atoms with Crippen molar-refractivity contribution in [2.75, 3.05) is 18.1 Å². The lowest BCUT2D eigenvalue weighted by Gasteiger charge is -2.39. The van der Waals surface area contributed by atoms with Gasteiger partial charge in [-0.25, -0.2) is 0 Å². The molecule has 0 aromatic heterocycles. The third-order valence-corrected chi connectivity index (χ3v) is 4.83. The van der Waals surface area contributed by atoms with Gasteiger partial charge >= 0.3 is 0 Å². The minimum Gasteiger partial charge on any atom is -0.342 e. The largest absolute Gasteiger partial charge is 0.342 e. The highest BCUT2D eigenvalue weighted by atomic mass is 32.2. The first-order valence-corrected chi connectivity index (χ1v) is 8.85. The topological polar surface area (TPSA) is 66.5 Å². The predicted octanol–water partition coefficient (Wildman–Crippen LogP) is 0.907. The molecular weight excluding hydrogens is 276 g/mol. The maximum absolute atomic E-state index is 12.5. The minimum absolute atomic E-state index is 0.0294. The van der Waals surface area contributed by atoms with Crippen LogP contribution in [0.5, 0.6) is 0 Å². The van der Waals surface area contributed by atoms with Crippen LogP contribution in [0.15, 0.2) is 0 Å². The van der Waals surface area contributed by atoms with Gasteiger partial charge in [-0.2, -0.15) is 0 Å². The standard InChI is InChI=1S/C14H26N2O3S/c1-5-12-13(17)15-11(9-10(3)4)14(18)16(12)7-8-20(19)6-2/h10-12H,5-9H2,1-4H3,(H,15,17). The first-order chi connectivity index (χ1) is 9.40. The zero-order chi connectivity index (χ0) is 15.3. The van der Waals surface area contributed by atoms with Gasteiger partial charge in [0.05, 0.1) is 0 Å². The Morgan fingerprint density at radius 3 is 2.45 bits per heavy atom. The molecule has 0 spiro atoms. The molecule has 1 heterocycles. The fraction of sp³-hybridized carbons (Fsp3) is 0.857. The average molecular weight is 302 g/mol. The quantitative estimate of drug-likeness (QED) is 0.760. The lowest BCUT2D eigenvalue weighted by Crippen LogP contribution is -2.63. The van der Waals surface area contributed by atoms with Crippen molar-refractivity contribution in [3.05, 3.63) is 0 Å². The van der Waals surface area contributed by atoms with Crippen LogP contribution in [0.4, 0.5) is 0 Å². The van der Waals surface area contributed by atoms with E-state index in [4.69, 9.17) is 0 Å². The Kier molecular flexibility index (Phi) is 6.65. The minimum atomic E-state index is -0.919. The second-order valence-electron chi connectivity index (χ2n) is 5.58. The molecule has 0 aromatic carbocycles. The highest BCUT2D eigenvalue weighted by molar-refractivity contribution is 7.84. The third kappa shape index (κ3) is 4.30. The summed E-state index contributed by atoms with van der Waals surface area (Å²) < 4.78 is 11.6. The first-order valence-electron chi connectivity index (χ1n) is 7.36. The van der Waals surface area contributed by atoms with Crippen molar-refractivity contribution in [2.24, 2.45) is 5.92 Å². The zero-order valence-electron chi connectivity index (χ0n) is 12.8. The molecule has 0 aliphatic carbocycles. The van der Waals surface area contributed by atoms with E-state index in [9.17, 15) is 13.8 Å². The molecule has 1 aliphatic rings. The molecule has 0 bridgehead atoms. The van der Waals surface area contributed by atoms with Crippen molar-refractivity contribution in [1.82, 2.24) is 10.2 Å². The molecule has 0 saturated carbocycles. The third-order valence-electron chi connectivity index (χ3n) is 3.55. The van der Waals surface area contributed by atoms with Crippen molar-refractivity contribution < 1.29 is 13.8 Å². The first kappa shape index (κ1) is 17.1. The molecule has 1 saturated heterocycles. The van der Waals surface area contributed by atoms with E-state index in [2.05, 4.69) is 5.32 Å². The highest BCUT2D eigenvalue weighted by Gasteiger charge is 2.39. The molecule has 0 radical (unpaired) electrons. The molecule has 5 nitrogen and oxygen atoms in total. The van der Waals surface area contributed by atoms with Gasteiger partial charge in [-0.3, -0.25) is 13.8 Å². The van der Waals surface area contributed by atoms with Gasteiger partial charge in [0.15, 0.2) is 0 Å². The number of amides is 2. The van der Waals surface area contributed by atoms with Crippen LogP contribution in [-0.2, 0) is 20.4 Å². The number of hydrogen-bond acceptors (Lipinski definition) is 3. The van der Waals surface area contributed by atoms with E-state index in [-0.39, 0.29) is 11.8 Å². The number of piperazine rings is 1. The van der Waals surface area contributed by atoms with Crippen LogP contribution < -0.4 is 5.32 Å². The van der Waals surface area contributed by atoms with E-state index < -0.39 is 22.9 Å². The number of hydrogen-bond donors (Lipinski definition) is 1. The molecule has 1 rings (SSSR count). The second kappa shape index (κ2) is 7.76. The Morgan fingerprint density at radius 2 is 1.95 bits per heavy atom. The maximum Gasteiger partial charge on any atom is 0.245 e. The number of carbonyl (C=O) groups excluding carboxylic acids is 2. The maximum atomic E-state index is 12.5. The number of nitrogens with one attached hydrogen (secondary N) is 1. The van der Waals surface area contributed by atoms with Gasteiger partial charge in [-0.1, -0.05) is 27.7 Å². The molecule has 3 atom stereocenters. The van der Waals surface area contributed by atoms with Crippen LogP contribution in [0.3, 0.4) is 0 Å². The fourth-order valence-electron chi connectivity index (χ4n) is 2.47. The number of carbonyl (C=O) groups is 2. The molecule has 20 heavy (non-hydrogen) atoms. The number of nitrogens with zero attached hydrogens (tertiary/aromatic N) is 1. The van der Waals surface area contributed by atoms with E-state index in [0.717, 1.165) is 0 Å². The van der Waals surface area contributed by atoms with Crippen molar-refractivity contribution in [2.45, 2.75) is 52.6 Å². The van der Waals surface area contributed by atoms with E-state index in [1.807, 2.05) is 27.7 Å². The van der Waals surface area contributed by atoms with Gasteiger partial charge in [0.2, 0.25) is 11.8 Å². The summed E-state index contributed by atoms with van der Waals surface area (Å²) in [4.78, 5) is 26.2. The van der Waals surface area contributed by atoms with Gasteiger partial charge in [-0.15, -0.1) is 0 Å². The van der Waals surface area contributed by atoms with Crippen LogP contribution in [0.2, 0.25) is 0 Å². The molecule has 1 fully saturated rings. The van der Waals surface area contributed by atoms with Gasteiger partial charge < -0.3 is 10.2 Å². The van der Waals surface area contributed by atoms with Crippen LogP contribution in [-0.4, -0.2) is 51.1 Å². The lowest BCUT2D eigenvalue weighted by atomic mass is 9.98. The summed E-state index contributed by atoms with van der Waals surface area (Å²) in [6, 6.07) is -0.847. The summed E-state index contributed by atoms with van der Waals surface area (Å²) >= 11 is 0. The summed E-state index contributed by atoms with van der Waals surface area (Å²) in [6.07, 6.45) is 1.24. The smallest absolute Gasteiger partial charge is 0.245 e. The summed E-state index contributed by atoms with van der Waals surface area (Å²) in [7, 11) is -0.919. The normalized spacial score (nSPS) is 24.9. The molecule has 1 aliphatic heterocycles.